The SMILES string of the molecule is COCCCN1C(=O)[C@@H]2[C@@H](C(C)C)N[C@@]3(C(=O)Nc4ccc(Br)cc43)[C@@H]2C1=O. The van der Waals surface area contributed by atoms with E-state index >= 15 is 0 Å². The van der Waals surface area contributed by atoms with E-state index in [1.807, 2.05) is 32.0 Å². The van der Waals surface area contributed by atoms with Gasteiger partial charge in [0.15, 0.2) is 0 Å². The van der Waals surface area contributed by atoms with Crippen LogP contribution in [-0.4, -0.2) is 48.9 Å². The Bertz CT molecular complexity index is 858. The van der Waals surface area contributed by atoms with Gasteiger partial charge in [0, 0.05) is 42.0 Å². The van der Waals surface area contributed by atoms with E-state index in [9.17, 15) is 14.4 Å². The Balaban J connectivity index is 1.81. The molecule has 150 valence electrons. The number of halogens is 1. The van der Waals surface area contributed by atoms with Gasteiger partial charge in [0.1, 0.15) is 5.54 Å². The molecule has 4 atom stereocenters. The Kier molecular flexibility index (Phi) is 4.84. The first kappa shape index (κ1) is 19.5. The van der Waals surface area contributed by atoms with Crippen molar-refractivity contribution in [3.63, 3.8) is 0 Å². The van der Waals surface area contributed by atoms with E-state index < -0.39 is 17.4 Å². The van der Waals surface area contributed by atoms with Crippen molar-refractivity contribution in [2.24, 2.45) is 17.8 Å². The topological polar surface area (TPSA) is 87.7 Å². The highest BCUT2D eigenvalue weighted by molar-refractivity contribution is 9.10. The van der Waals surface area contributed by atoms with Gasteiger partial charge in [-0.2, -0.15) is 0 Å². The van der Waals surface area contributed by atoms with E-state index in [2.05, 4.69) is 26.6 Å². The summed E-state index contributed by atoms with van der Waals surface area (Å²) in [5.74, 6) is -1.93. The number of rotatable bonds is 5. The molecule has 3 aliphatic heterocycles. The predicted octanol–water partition coefficient (Wildman–Crippen LogP) is 1.86. The zero-order valence-corrected chi connectivity index (χ0v) is 17.7. The molecule has 2 fully saturated rings. The van der Waals surface area contributed by atoms with Crippen LogP contribution in [-0.2, 0) is 24.7 Å². The monoisotopic (exact) mass is 449 g/mol. The van der Waals surface area contributed by atoms with E-state index in [1.165, 1.54) is 4.90 Å². The predicted molar refractivity (Wildman–Crippen MR) is 106 cm³/mol. The van der Waals surface area contributed by atoms with Crippen molar-refractivity contribution >= 4 is 39.3 Å². The molecule has 1 spiro atoms. The second kappa shape index (κ2) is 6.93. The number of fused-ring (bicyclic) bond motifs is 4. The van der Waals surface area contributed by atoms with Gasteiger partial charge in [-0.3, -0.25) is 24.6 Å². The van der Waals surface area contributed by atoms with Crippen LogP contribution in [0.1, 0.15) is 25.8 Å². The molecule has 1 aromatic rings. The Morgan fingerprint density at radius 3 is 2.68 bits per heavy atom. The molecule has 0 aliphatic carbocycles. The molecule has 1 aromatic carbocycles. The Labute approximate surface area is 172 Å². The number of amides is 3. The lowest BCUT2D eigenvalue weighted by atomic mass is 9.76. The molecule has 2 saturated heterocycles. The van der Waals surface area contributed by atoms with E-state index in [-0.39, 0.29) is 29.7 Å². The lowest BCUT2D eigenvalue weighted by Crippen LogP contribution is -2.54. The Hall–Kier alpha value is -1.77. The van der Waals surface area contributed by atoms with Crippen LogP contribution in [0.5, 0.6) is 0 Å². The van der Waals surface area contributed by atoms with Crippen molar-refractivity contribution in [3.8, 4) is 0 Å². The van der Waals surface area contributed by atoms with E-state index in [4.69, 9.17) is 4.74 Å². The minimum absolute atomic E-state index is 0.0894. The average molecular weight is 450 g/mol. The maximum absolute atomic E-state index is 13.4. The summed E-state index contributed by atoms with van der Waals surface area (Å²) in [6, 6.07) is 5.28. The molecule has 8 heteroatoms. The first-order valence-electron chi connectivity index (χ1n) is 9.56. The summed E-state index contributed by atoms with van der Waals surface area (Å²) < 4.78 is 5.89. The fourth-order valence-electron chi connectivity index (χ4n) is 4.93. The first-order chi connectivity index (χ1) is 13.3. The summed E-state index contributed by atoms with van der Waals surface area (Å²) in [5.41, 5.74) is 0.188. The van der Waals surface area contributed by atoms with Crippen LogP contribution in [0.2, 0.25) is 0 Å². The summed E-state index contributed by atoms with van der Waals surface area (Å²) in [7, 11) is 1.59. The van der Waals surface area contributed by atoms with Crippen molar-refractivity contribution in [1.29, 1.82) is 0 Å². The largest absolute Gasteiger partial charge is 0.385 e. The second-order valence-corrected chi connectivity index (χ2v) is 8.96. The number of methoxy groups -OCH3 is 1. The van der Waals surface area contributed by atoms with Crippen molar-refractivity contribution in [2.45, 2.75) is 31.8 Å². The molecular weight excluding hydrogens is 426 g/mol. The van der Waals surface area contributed by atoms with Crippen LogP contribution in [0.25, 0.3) is 0 Å². The molecule has 0 bridgehead atoms. The van der Waals surface area contributed by atoms with Crippen LogP contribution < -0.4 is 10.6 Å². The molecule has 7 nitrogen and oxygen atoms in total. The van der Waals surface area contributed by atoms with Crippen molar-refractivity contribution < 1.29 is 19.1 Å². The third-order valence-electron chi connectivity index (χ3n) is 6.15. The zero-order valence-electron chi connectivity index (χ0n) is 16.1. The number of carbonyl (C=O) groups is 3. The molecule has 0 unspecified atom stereocenters. The van der Waals surface area contributed by atoms with Crippen molar-refractivity contribution in [2.75, 3.05) is 25.6 Å². The Morgan fingerprint density at radius 1 is 1.25 bits per heavy atom. The van der Waals surface area contributed by atoms with Gasteiger partial charge in [0.05, 0.1) is 11.8 Å². The summed E-state index contributed by atoms with van der Waals surface area (Å²) in [4.78, 5) is 41.1. The molecule has 3 amide bonds. The van der Waals surface area contributed by atoms with E-state index in [0.29, 0.717) is 25.3 Å². The maximum atomic E-state index is 13.4. The molecule has 0 aromatic heterocycles. The van der Waals surface area contributed by atoms with Gasteiger partial charge in [-0.25, -0.2) is 0 Å². The third kappa shape index (κ3) is 2.58. The molecular formula is C20H24BrN3O4. The Morgan fingerprint density at radius 2 is 2.00 bits per heavy atom. The van der Waals surface area contributed by atoms with E-state index in [0.717, 1.165) is 10.0 Å². The van der Waals surface area contributed by atoms with Gasteiger partial charge in [-0.15, -0.1) is 0 Å². The average Bonchev–Trinajstić information content (AvgIpc) is 3.23. The van der Waals surface area contributed by atoms with Gasteiger partial charge in [0.2, 0.25) is 17.7 Å². The quantitative estimate of drug-likeness (QED) is 0.529. The molecule has 3 heterocycles. The first-order valence-corrected chi connectivity index (χ1v) is 10.4. The van der Waals surface area contributed by atoms with Gasteiger partial charge >= 0.3 is 0 Å². The smallest absolute Gasteiger partial charge is 0.250 e. The highest BCUT2D eigenvalue weighted by atomic mass is 79.9. The maximum Gasteiger partial charge on any atom is 0.250 e. The minimum atomic E-state index is -1.22. The second-order valence-electron chi connectivity index (χ2n) is 8.04. The van der Waals surface area contributed by atoms with Crippen molar-refractivity contribution in [1.82, 2.24) is 10.2 Å². The molecule has 28 heavy (non-hydrogen) atoms. The van der Waals surface area contributed by atoms with Gasteiger partial charge < -0.3 is 10.1 Å². The van der Waals surface area contributed by atoms with Gasteiger partial charge in [0.25, 0.3) is 0 Å². The summed E-state index contributed by atoms with van der Waals surface area (Å²) in [6.45, 7) is 4.80. The number of hydrogen-bond donors (Lipinski definition) is 2. The van der Waals surface area contributed by atoms with Crippen LogP contribution in [0, 0.1) is 17.8 Å². The van der Waals surface area contributed by atoms with Gasteiger partial charge in [-0.05, 0) is 30.5 Å². The minimum Gasteiger partial charge on any atom is -0.385 e. The number of hydrogen-bond acceptors (Lipinski definition) is 5. The summed E-state index contributed by atoms with van der Waals surface area (Å²) in [5, 5.41) is 6.33. The number of ether oxygens (including phenoxy) is 1. The molecule has 0 saturated carbocycles. The van der Waals surface area contributed by atoms with Crippen LogP contribution in [0.4, 0.5) is 5.69 Å². The number of likely N-dealkylation sites (tertiary alicyclic amines) is 1. The molecule has 3 aliphatic rings. The number of imide groups is 1. The zero-order chi connectivity index (χ0) is 20.2. The van der Waals surface area contributed by atoms with Crippen LogP contribution in [0.15, 0.2) is 22.7 Å². The number of nitrogens with zero attached hydrogens (tertiary/aromatic N) is 1. The molecule has 2 N–H and O–H groups in total. The van der Waals surface area contributed by atoms with Crippen LogP contribution in [0.3, 0.4) is 0 Å². The lowest BCUT2D eigenvalue weighted by Gasteiger charge is -2.30. The fraction of sp³-hybridized carbons (Fsp3) is 0.550. The third-order valence-corrected chi connectivity index (χ3v) is 6.64. The lowest BCUT2D eigenvalue weighted by molar-refractivity contribution is -0.143. The number of benzene rings is 1. The van der Waals surface area contributed by atoms with Crippen molar-refractivity contribution in [3.05, 3.63) is 28.2 Å². The highest BCUT2D eigenvalue weighted by Gasteiger charge is 2.70. The fourth-order valence-corrected chi connectivity index (χ4v) is 5.29. The normalized spacial score (nSPS) is 31.1. The number of anilines is 1. The van der Waals surface area contributed by atoms with Gasteiger partial charge in [-0.1, -0.05) is 29.8 Å². The summed E-state index contributed by atoms with van der Waals surface area (Å²) in [6.07, 6.45) is 0.578. The molecule has 0 radical (unpaired) electrons. The van der Waals surface area contributed by atoms with E-state index in [1.54, 1.807) is 7.11 Å². The number of nitrogens with one attached hydrogen (secondary N) is 2. The summed E-state index contributed by atoms with van der Waals surface area (Å²) >= 11 is 3.47. The highest BCUT2D eigenvalue weighted by Crippen LogP contribution is 2.54. The van der Waals surface area contributed by atoms with Crippen LogP contribution >= 0.6 is 15.9 Å². The molecule has 4 rings (SSSR count). The standard InChI is InChI=1S/C20H24BrN3O4/c1-10(2)16-14-15(18(26)24(17(14)25)7-4-8-28-3)20(23-16)12-9-11(21)5-6-13(12)22-19(20)27/h5-6,9-10,14-16,23H,4,7-8H2,1-3H3,(H,22,27)/t14-,15-,16+,20+/m0/s1. The number of carbonyl (C=O) groups excluding carboxylic acids is 3.